The fraction of sp³-hybridized carbons (Fsp3) is 0.412. The number of aromatic hydroxyl groups is 1. The molecule has 0 saturated carbocycles. The number of aromatic nitrogens is 1. The van der Waals surface area contributed by atoms with Crippen LogP contribution in [0, 0.1) is 0 Å². The van der Waals surface area contributed by atoms with Crippen molar-refractivity contribution in [1.82, 2.24) is 15.6 Å². The molecule has 138 valence electrons. The minimum Gasteiger partial charge on any atom is -0.508 e. The minimum atomic E-state index is 0. The molecule has 0 aliphatic rings. The molecule has 2 aromatic rings. The second-order valence-electron chi connectivity index (χ2n) is 5.17. The molecule has 1 aromatic carbocycles. The molecule has 0 amide bonds. The Morgan fingerprint density at radius 1 is 1.36 bits per heavy atom. The van der Waals surface area contributed by atoms with Gasteiger partial charge in [0.05, 0.1) is 12.1 Å². The number of nitrogens with one attached hydrogen (secondary N) is 2. The highest BCUT2D eigenvalue weighted by Crippen LogP contribution is 2.22. The number of phenols is 1. The maximum absolute atomic E-state index is 9.90. The third kappa shape index (κ3) is 6.69. The Hall–Kier alpha value is -1.55. The van der Waals surface area contributed by atoms with Crippen molar-refractivity contribution in [1.29, 1.82) is 0 Å². The Bertz CT molecular complexity index is 691. The standard InChI is InChI=1S/C17H24N4O2S.HI/c1-4-14-11-20-16(24-14)7-8-19-17(18-2)21-10-12-9-13(23-3)5-6-15(12)22;/h5-6,9,11,22H,4,7-8,10H2,1-3H3,(H2,18,19,21);1H. The van der Waals surface area contributed by atoms with Gasteiger partial charge in [-0.1, -0.05) is 6.92 Å². The topological polar surface area (TPSA) is 78.8 Å². The lowest BCUT2D eigenvalue weighted by atomic mass is 10.2. The van der Waals surface area contributed by atoms with Crippen LogP contribution in [0.2, 0.25) is 0 Å². The monoisotopic (exact) mass is 476 g/mol. The highest BCUT2D eigenvalue weighted by molar-refractivity contribution is 14.0. The molecule has 0 aliphatic carbocycles. The summed E-state index contributed by atoms with van der Waals surface area (Å²) >= 11 is 1.75. The summed E-state index contributed by atoms with van der Waals surface area (Å²) in [6.45, 7) is 3.34. The highest BCUT2D eigenvalue weighted by Gasteiger charge is 2.06. The first-order chi connectivity index (χ1) is 11.7. The van der Waals surface area contributed by atoms with Crippen molar-refractivity contribution in [3.8, 4) is 11.5 Å². The zero-order valence-corrected chi connectivity index (χ0v) is 17.9. The van der Waals surface area contributed by atoms with Gasteiger partial charge in [-0.15, -0.1) is 35.3 Å². The Labute approximate surface area is 169 Å². The zero-order valence-electron chi connectivity index (χ0n) is 14.7. The SMILES string of the molecule is CCc1cnc(CCNC(=NC)NCc2cc(OC)ccc2O)s1.I. The number of halogens is 1. The van der Waals surface area contributed by atoms with E-state index in [-0.39, 0.29) is 29.7 Å². The van der Waals surface area contributed by atoms with E-state index in [0.29, 0.717) is 18.3 Å². The van der Waals surface area contributed by atoms with Crippen LogP contribution in [0.25, 0.3) is 0 Å². The van der Waals surface area contributed by atoms with Crippen LogP contribution in [-0.2, 0) is 19.4 Å². The summed E-state index contributed by atoms with van der Waals surface area (Å²) in [5, 5.41) is 17.5. The van der Waals surface area contributed by atoms with Crippen LogP contribution < -0.4 is 15.4 Å². The van der Waals surface area contributed by atoms with Crippen molar-refractivity contribution in [2.45, 2.75) is 26.3 Å². The van der Waals surface area contributed by atoms with E-state index < -0.39 is 0 Å². The van der Waals surface area contributed by atoms with Crippen LogP contribution in [-0.4, -0.2) is 36.8 Å². The van der Waals surface area contributed by atoms with Crippen LogP contribution in [0.3, 0.4) is 0 Å². The number of hydrogen-bond donors (Lipinski definition) is 3. The molecule has 0 atom stereocenters. The fourth-order valence-electron chi connectivity index (χ4n) is 2.14. The number of methoxy groups -OCH3 is 1. The van der Waals surface area contributed by atoms with Gasteiger partial charge in [0.15, 0.2) is 5.96 Å². The molecule has 2 rings (SSSR count). The number of hydrogen-bond acceptors (Lipinski definition) is 5. The van der Waals surface area contributed by atoms with Crippen molar-refractivity contribution in [3.05, 3.63) is 39.8 Å². The number of aryl methyl sites for hydroxylation is 1. The number of thiazole rings is 1. The molecule has 0 unspecified atom stereocenters. The van der Waals surface area contributed by atoms with Crippen molar-refractivity contribution >= 4 is 41.3 Å². The Morgan fingerprint density at radius 3 is 2.80 bits per heavy atom. The van der Waals surface area contributed by atoms with Crippen LogP contribution >= 0.6 is 35.3 Å². The second kappa shape index (κ2) is 11.1. The molecule has 6 nitrogen and oxygen atoms in total. The molecular formula is C17H25IN4O2S. The predicted octanol–water partition coefficient (Wildman–Crippen LogP) is 2.95. The largest absolute Gasteiger partial charge is 0.508 e. The number of benzene rings is 1. The zero-order chi connectivity index (χ0) is 17.4. The fourth-order valence-corrected chi connectivity index (χ4v) is 3.01. The van der Waals surface area contributed by atoms with Crippen molar-refractivity contribution in [2.24, 2.45) is 4.99 Å². The Balaban J connectivity index is 0.00000312. The molecule has 0 radical (unpaired) electrons. The van der Waals surface area contributed by atoms with E-state index in [4.69, 9.17) is 4.74 Å². The van der Waals surface area contributed by atoms with Gasteiger partial charge >= 0.3 is 0 Å². The third-order valence-corrected chi connectivity index (χ3v) is 4.74. The maximum atomic E-state index is 9.90. The summed E-state index contributed by atoms with van der Waals surface area (Å²) in [5.41, 5.74) is 0.754. The van der Waals surface area contributed by atoms with Gasteiger partial charge in [-0.05, 0) is 24.6 Å². The second-order valence-corrected chi connectivity index (χ2v) is 6.37. The van der Waals surface area contributed by atoms with Crippen molar-refractivity contribution < 1.29 is 9.84 Å². The average molecular weight is 476 g/mol. The predicted molar refractivity (Wildman–Crippen MR) is 113 cm³/mol. The summed E-state index contributed by atoms with van der Waals surface area (Å²) in [6, 6.07) is 5.15. The number of phenolic OH excluding ortho intramolecular Hbond substituents is 1. The van der Waals surface area contributed by atoms with Gasteiger partial charge in [-0.2, -0.15) is 0 Å². The lowest BCUT2D eigenvalue weighted by Crippen LogP contribution is -2.37. The smallest absolute Gasteiger partial charge is 0.191 e. The molecule has 3 N–H and O–H groups in total. The summed E-state index contributed by atoms with van der Waals surface area (Å²) in [7, 11) is 3.33. The molecule has 0 fully saturated rings. The average Bonchev–Trinajstić information content (AvgIpc) is 3.07. The van der Waals surface area contributed by atoms with Crippen LogP contribution in [0.15, 0.2) is 29.4 Å². The first-order valence-electron chi connectivity index (χ1n) is 7.90. The summed E-state index contributed by atoms with van der Waals surface area (Å²) in [5.74, 6) is 1.63. The summed E-state index contributed by atoms with van der Waals surface area (Å²) in [6.07, 6.45) is 3.83. The van der Waals surface area contributed by atoms with E-state index >= 15 is 0 Å². The Morgan fingerprint density at radius 2 is 2.16 bits per heavy atom. The van der Waals surface area contributed by atoms with E-state index in [1.807, 2.05) is 6.20 Å². The minimum absolute atomic E-state index is 0. The van der Waals surface area contributed by atoms with Gasteiger partial charge in [0.1, 0.15) is 11.5 Å². The highest BCUT2D eigenvalue weighted by atomic mass is 127. The number of nitrogens with zero attached hydrogens (tertiary/aromatic N) is 2. The number of aliphatic imine (C=N–C) groups is 1. The first-order valence-corrected chi connectivity index (χ1v) is 8.71. The molecule has 8 heteroatoms. The molecule has 1 heterocycles. The van der Waals surface area contributed by atoms with Crippen LogP contribution in [0.4, 0.5) is 0 Å². The molecule has 1 aromatic heterocycles. The Kier molecular flexibility index (Phi) is 9.58. The van der Waals surface area contributed by atoms with Gasteiger partial charge in [0.25, 0.3) is 0 Å². The van der Waals surface area contributed by atoms with Gasteiger partial charge in [-0.25, -0.2) is 4.98 Å². The summed E-state index contributed by atoms with van der Waals surface area (Å²) < 4.78 is 5.18. The number of rotatable bonds is 7. The molecule has 0 spiro atoms. The van der Waals surface area contributed by atoms with Crippen molar-refractivity contribution in [3.63, 3.8) is 0 Å². The third-order valence-electron chi connectivity index (χ3n) is 3.54. The van der Waals surface area contributed by atoms with E-state index in [2.05, 4.69) is 27.5 Å². The summed E-state index contributed by atoms with van der Waals surface area (Å²) in [4.78, 5) is 9.90. The van der Waals surface area contributed by atoms with Gasteiger partial charge < -0.3 is 20.5 Å². The number of guanidine groups is 1. The van der Waals surface area contributed by atoms with Gasteiger partial charge in [0, 0.05) is 43.2 Å². The maximum Gasteiger partial charge on any atom is 0.191 e. The first kappa shape index (κ1) is 21.5. The lowest BCUT2D eigenvalue weighted by Gasteiger charge is -2.13. The quantitative estimate of drug-likeness (QED) is 0.326. The van der Waals surface area contributed by atoms with E-state index in [0.717, 1.165) is 30.0 Å². The van der Waals surface area contributed by atoms with E-state index in [9.17, 15) is 5.11 Å². The molecule has 0 aliphatic heterocycles. The number of ether oxygens (including phenoxy) is 1. The van der Waals surface area contributed by atoms with Crippen molar-refractivity contribution in [2.75, 3.05) is 20.7 Å². The van der Waals surface area contributed by atoms with E-state index in [1.165, 1.54) is 4.88 Å². The molecular weight excluding hydrogens is 451 g/mol. The lowest BCUT2D eigenvalue weighted by molar-refractivity contribution is 0.410. The molecule has 0 saturated heterocycles. The molecule has 0 bridgehead atoms. The molecule has 25 heavy (non-hydrogen) atoms. The van der Waals surface area contributed by atoms with Gasteiger partial charge in [0.2, 0.25) is 0 Å². The van der Waals surface area contributed by atoms with Crippen LogP contribution in [0.1, 0.15) is 22.4 Å². The van der Waals surface area contributed by atoms with Gasteiger partial charge in [-0.3, -0.25) is 4.99 Å². The normalized spacial score (nSPS) is 10.9. The van der Waals surface area contributed by atoms with E-state index in [1.54, 1.807) is 43.7 Å². The van der Waals surface area contributed by atoms with Crippen LogP contribution in [0.5, 0.6) is 11.5 Å².